The van der Waals surface area contributed by atoms with Gasteiger partial charge in [0.1, 0.15) is 0 Å². The molecule has 1 aliphatic carbocycles. The molecule has 0 atom stereocenters. The fourth-order valence-electron chi connectivity index (χ4n) is 1.62. The van der Waals surface area contributed by atoms with E-state index in [4.69, 9.17) is 9.84 Å². The normalized spacial score (nSPS) is 32.2. The highest BCUT2D eigenvalue weighted by atomic mass is 16.5. The first-order valence-electron chi connectivity index (χ1n) is 4.55. The van der Waals surface area contributed by atoms with Crippen LogP contribution in [-0.2, 0) is 4.74 Å². The summed E-state index contributed by atoms with van der Waals surface area (Å²) in [6, 6.07) is 0. The molecule has 1 aliphatic rings. The summed E-state index contributed by atoms with van der Waals surface area (Å²) in [5.74, 6) is 0.879. The van der Waals surface area contributed by atoms with Crippen LogP contribution in [0.4, 0.5) is 0 Å². The van der Waals surface area contributed by atoms with Crippen molar-refractivity contribution in [2.75, 3.05) is 13.2 Å². The topological polar surface area (TPSA) is 29.5 Å². The number of ether oxygens (including phenoxy) is 1. The molecule has 0 radical (unpaired) electrons. The van der Waals surface area contributed by atoms with Crippen LogP contribution in [0.15, 0.2) is 0 Å². The van der Waals surface area contributed by atoms with E-state index in [2.05, 4.69) is 6.92 Å². The Kier molecular flexibility index (Phi) is 3.87. The molecular weight excluding hydrogens is 140 g/mol. The lowest BCUT2D eigenvalue weighted by atomic mass is 9.89. The van der Waals surface area contributed by atoms with Gasteiger partial charge in [-0.25, -0.2) is 0 Å². The van der Waals surface area contributed by atoms with E-state index in [-0.39, 0.29) is 6.61 Å². The molecule has 0 aromatic carbocycles. The van der Waals surface area contributed by atoms with Crippen LogP contribution >= 0.6 is 0 Å². The van der Waals surface area contributed by atoms with Gasteiger partial charge in [-0.3, -0.25) is 0 Å². The van der Waals surface area contributed by atoms with Gasteiger partial charge < -0.3 is 9.84 Å². The molecule has 0 saturated heterocycles. The average molecular weight is 158 g/mol. The molecule has 2 heteroatoms. The van der Waals surface area contributed by atoms with Gasteiger partial charge in [-0.1, -0.05) is 6.92 Å². The predicted octanol–water partition coefficient (Wildman–Crippen LogP) is 1.57. The van der Waals surface area contributed by atoms with Crippen molar-refractivity contribution in [1.82, 2.24) is 0 Å². The molecule has 0 aliphatic heterocycles. The van der Waals surface area contributed by atoms with Gasteiger partial charge in [0.25, 0.3) is 0 Å². The molecule has 0 heterocycles. The predicted molar refractivity (Wildman–Crippen MR) is 44.5 cm³/mol. The van der Waals surface area contributed by atoms with Crippen molar-refractivity contribution in [2.24, 2.45) is 5.92 Å². The van der Waals surface area contributed by atoms with E-state index >= 15 is 0 Å². The zero-order chi connectivity index (χ0) is 8.10. The number of rotatable bonds is 3. The first-order valence-corrected chi connectivity index (χ1v) is 4.55. The van der Waals surface area contributed by atoms with Crippen LogP contribution < -0.4 is 0 Å². The van der Waals surface area contributed by atoms with Gasteiger partial charge in [0, 0.05) is 0 Å². The molecule has 0 aromatic heterocycles. The lowest BCUT2D eigenvalue weighted by Crippen LogP contribution is -2.21. The van der Waals surface area contributed by atoms with Crippen LogP contribution in [0.2, 0.25) is 0 Å². The largest absolute Gasteiger partial charge is 0.394 e. The summed E-state index contributed by atoms with van der Waals surface area (Å²) in [6.07, 6.45) is 5.37. The zero-order valence-electron chi connectivity index (χ0n) is 7.25. The Hall–Kier alpha value is -0.0800. The average Bonchev–Trinajstić information content (AvgIpc) is 2.04. The van der Waals surface area contributed by atoms with Crippen LogP contribution in [0.5, 0.6) is 0 Å². The Labute approximate surface area is 68.6 Å². The van der Waals surface area contributed by atoms with Crippen LogP contribution in [-0.4, -0.2) is 24.4 Å². The molecule has 0 amide bonds. The maximum atomic E-state index is 8.52. The molecule has 0 aromatic rings. The van der Waals surface area contributed by atoms with Crippen LogP contribution in [0.3, 0.4) is 0 Å². The third-order valence-corrected chi connectivity index (χ3v) is 2.41. The lowest BCUT2D eigenvalue weighted by Gasteiger charge is -2.25. The number of aliphatic hydroxyl groups excluding tert-OH is 1. The Morgan fingerprint density at radius 2 is 1.91 bits per heavy atom. The molecule has 1 saturated carbocycles. The summed E-state index contributed by atoms with van der Waals surface area (Å²) in [4.78, 5) is 0. The van der Waals surface area contributed by atoms with Gasteiger partial charge in [-0.2, -0.15) is 0 Å². The third kappa shape index (κ3) is 3.21. The highest BCUT2D eigenvalue weighted by Crippen LogP contribution is 2.25. The van der Waals surface area contributed by atoms with Crippen molar-refractivity contribution in [3.8, 4) is 0 Å². The number of hydrogen-bond acceptors (Lipinski definition) is 2. The SMILES string of the molecule is C[C@H]1CC[C@@H](OCCO)CC1. The molecule has 1 fully saturated rings. The maximum Gasteiger partial charge on any atom is 0.0701 e. The minimum atomic E-state index is 0.159. The summed E-state index contributed by atoms with van der Waals surface area (Å²) in [5, 5.41) is 8.52. The van der Waals surface area contributed by atoms with Crippen molar-refractivity contribution in [3.05, 3.63) is 0 Å². The monoisotopic (exact) mass is 158 g/mol. The van der Waals surface area contributed by atoms with Gasteiger partial charge in [0.05, 0.1) is 19.3 Å². The maximum absolute atomic E-state index is 8.52. The molecule has 11 heavy (non-hydrogen) atoms. The molecule has 1 N–H and O–H groups in total. The molecule has 0 unspecified atom stereocenters. The fourth-order valence-corrected chi connectivity index (χ4v) is 1.62. The van der Waals surface area contributed by atoms with E-state index in [0.29, 0.717) is 12.7 Å². The van der Waals surface area contributed by atoms with Gasteiger partial charge in [-0.15, -0.1) is 0 Å². The standard InChI is InChI=1S/C9H18O2/c1-8-2-4-9(5-3-8)11-7-6-10/h8-10H,2-7H2,1H3/t8-,9+. The zero-order valence-corrected chi connectivity index (χ0v) is 7.25. The van der Waals surface area contributed by atoms with Crippen LogP contribution in [0.25, 0.3) is 0 Å². The van der Waals surface area contributed by atoms with E-state index in [9.17, 15) is 0 Å². The Bertz CT molecular complexity index is 93.0. The number of hydrogen-bond donors (Lipinski definition) is 1. The van der Waals surface area contributed by atoms with E-state index < -0.39 is 0 Å². The van der Waals surface area contributed by atoms with Crippen molar-refractivity contribution in [3.63, 3.8) is 0 Å². The van der Waals surface area contributed by atoms with E-state index in [1.165, 1.54) is 25.7 Å². The van der Waals surface area contributed by atoms with Crippen molar-refractivity contribution in [2.45, 2.75) is 38.7 Å². The van der Waals surface area contributed by atoms with Gasteiger partial charge in [-0.05, 0) is 31.6 Å². The van der Waals surface area contributed by atoms with Crippen molar-refractivity contribution in [1.29, 1.82) is 0 Å². The van der Waals surface area contributed by atoms with Crippen LogP contribution in [0.1, 0.15) is 32.6 Å². The summed E-state index contributed by atoms with van der Waals surface area (Å²) in [6.45, 7) is 2.97. The second-order valence-corrected chi connectivity index (χ2v) is 3.48. The fraction of sp³-hybridized carbons (Fsp3) is 1.00. The molecule has 0 bridgehead atoms. The molecule has 2 nitrogen and oxygen atoms in total. The van der Waals surface area contributed by atoms with E-state index in [1.807, 2.05) is 0 Å². The molecule has 1 rings (SSSR count). The first-order chi connectivity index (χ1) is 5.33. The second-order valence-electron chi connectivity index (χ2n) is 3.48. The summed E-state index contributed by atoms with van der Waals surface area (Å²) in [7, 11) is 0. The number of aliphatic hydroxyl groups is 1. The minimum absolute atomic E-state index is 0.159. The third-order valence-electron chi connectivity index (χ3n) is 2.41. The highest BCUT2D eigenvalue weighted by molar-refractivity contribution is 4.69. The minimum Gasteiger partial charge on any atom is -0.394 e. The van der Waals surface area contributed by atoms with Gasteiger partial charge in [0.15, 0.2) is 0 Å². The van der Waals surface area contributed by atoms with Crippen molar-refractivity contribution < 1.29 is 9.84 Å². The smallest absolute Gasteiger partial charge is 0.0701 e. The summed E-state index contributed by atoms with van der Waals surface area (Å²) in [5.41, 5.74) is 0. The quantitative estimate of drug-likeness (QED) is 0.675. The highest BCUT2D eigenvalue weighted by Gasteiger charge is 2.17. The summed E-state index contributed by atoms with van der Waals surface area (Å²) >= 11 is 0. The molecule has 0 spiro atoms. The van der Waals surface area contributed by atoms with E-state index in [1.54, 1.807) is 0 Å². The van der Waals surface area contributed by atoms with Gasteiger partial charge in [0.2, 0.25) is 0 Å². The van der Waals surface area contributed by atoms with E-state index in [0.717, 1.165) is 5.92 Å². The second kappa shape index (κ2) is 4.73. The van der Waals surface area contributed by atoms with Crippen LogP contribution in [0, 0.1) is 5.92 Å². The Morgan fingerprint density at radius 3 is 2.45 bits per heavy atom. The Balaban J connectivity index is 2.07. The first kappa shape index (κ1) is 9.01. The molecular formula is C9H18O2. The lowest BCUT2D eigenvalue weighted by molar-refractivity contribution is 0.00191. The van der Waals surface area contributed by atoms with Crippen molar-refractivity contribution >= 4 is 0 Å². The van der Waals surface area contributed by atoms with Gasteiger partial charge >= 0.3 is 0 Å². The summed E-state index contributed by atoms with van der Waals surface area (Å²) < 4.78 is 5.43. The molecule has 66 valence electrons. The Morgan fingerprint density at radius 1 is 1.27 bits per heavy atom.